The highest BCUT2D eigenvalue weighted by Crippen LogP contribution is 2.27. The van der Waals surface area contributed by atoms with Crippen LogP contribution in [0.3, 0.4) is 0 Å². The predicted octanol–water partition coefficient (Wildman–Crippen LogP) is 4.22. The summed E-state index contributed by atoms with van der Waals surface area (Å²) in [5.74, 6) is 1.39. The van der Waals surface area contributed by atoms with Gasteiger partial charge in [-0.3, -0.25) is 4.79 Å². The van der Waals surface area contributed by atoms with Crippen LogP contribution in [-0.2, 0) is 17.6 Å². The number of benzene rings is 2. The van der Waals surface area contributed by atoms with Gasteiger partial charge >= 0.3 is 0 Å². The van der Waals surface area contributed by atoms with E-state index < -0.39 is 6.10 Å². The maximum atomic E-state index is 12.5. The van der Waals surface area contributed by atoms with Crippen molar-refractivity contribution in [2.75, 3.05) is 7.11 Å². The molecule has 0 fully saturated rings. The fourth-order valence-corrected chi connectivity index (χ4v) is 3.47. The van der Waals surface area contributed by atoms with Gasteiger partial charge in [0.2, 0.25) is 0 Å². The van der Waals surface area contributed by atoms with Crippen LogP contribution in [-0.4, -0.2) is 19.1 Å². The normalized spacial score (nSPS) is 15.5. The van der Waals surface area contributed by atoms with Crippen LogP contribution in [0.25, 0.3) is 0 Å². The minimum Gasteiger partial charge on any atom is -0.496 e. The van der Waals surface area contributed by atoms with E-state index in [1.54, 1.807) is 14.0 Å². The van der Waals surface area contributed by atoms with Gasteiger partial charge in [0.15, 0.2) is 6.10 Å². The lowest BCUT2D eigenvalue weighted by Crippen LogP contribution is -2.37. The van der Waals surface area contributed by atoms with Crippen LogP contribution >= 0.6 is 0 Å². The zero-order chi connectivity index (χ0) is 18.5. The fraction of sp³-hybridized carbons (Fsp3) is 0.409. The van der Waals surface area contributed by atoms with Gasteiger partial charge in [0.25, 0.3) is 5.91 Å². The van der Waals surface area contributed by atoms with Gasteiger partial charge in [-0.05, 0) is 68.9 Å². The molecule has 0 saturated carbocycles. The minimum absolute atomic E-state index is 0.138. The van der Waals surface area contributed by atoms with Crippen LogP contribution in [0.5, 0.6) is 11.5 Å². The van der Waals surface area contributed by atoms with Crippen molar-refractivity contribution in [1.82, 2.24) is 5.32 Å². The number of nitrogens with one attached hydrogen (secondary N) is 1. The molecule has 0 saturated heterocycles. The summed E-state index contributed by atoms with van der Waals surface area (Å²) in [6.45, 7) is 3.73. The average Bonchev–Trinajstić information content (AvgIpc) is 2.67. The van der Waals surface area contributed by atoms with Gasteiger partial charge in [-0.15, -0.1) is 0 Å². The summed E-state index contributed by atoms with van der Waals surface area (Å²) in [5.41, 5.74) is 3.71. The third kappa shape index (κ3) is 4.18. The standard InChI is InChI=1S/C22H27NO3/c1-15(20-10-6-7-11-21(20)25-3)23-22(24)16(2)26-19-13-12-17-8-4-5-9-18(17)14-19/h6-7,10-16H,4-5,8-9H2,1-3H3,(H,23,24)/t15-,16-/m0/s1. The molecule has 1 amide bonds. The summed E-state index contributed by atoms with van der Waals surface area (Å²) in [5, 5.41) is 3.01. The van der Waals surface area contributed by atoms with E-state index in [-0.39, 0.29) is 11.9 Å². The molecule has 26 heavy (non-hydrogen) atoms. The number of aryl methyl sites for hydroxylation is 2. The first-order chi connectivity index (χ1) is 12.6. The van der Waals surface area contributed by atoms with E-state index in [1.807, 2.05) is 37.3 Å². The highest BCUT2D eigenvalue weighted by molar-refractivity contribution is 5.81. The number of rotatable bonds is 6. The first-order valence-corrected chi connectivity index (χ1v) is 9.30. The summed E-state index contributed by atoms with van der Waals surface area (Å²) in [6, 6.07) is 13.7. The topological polar surface area (TPSA) is 47.6 Å². The van der Waals surface area contributed by atoms with E-state index in [1.165, 1.54) is 24.0 Å². The van der Waals surface area contributed by atoms with Crippen LogP contribution in [0, 0.1) is 0 Å². The smallest absolute Gasteiger partial charge is 0.261 e. The Morgan fingerprint density at radius 1 is 1.04 bits per heavy atom. The van der Waals surface area contributed by atoms with Gasteiger partial charge in [-0.25, -0.2) is 0 Å². The summed E-state index contributed by atoms with van der Waals surface area (Å²) in [7, 11) is 1.63. The number of para-hydroxylation sites is 1. The van der Waals surface area contributed by atoms with Gasteiger partial charge in [0.1, 0.15) is 11.5 Å². The van der Waals surface area contributed by atoms with Crippen LogP contribution < -0.4 is 14.8 Å². The maximum absolute atomic E-state index is 12.5. The Labute approximate surface area is 155 Å². The Bertz CT molecular complexity index is 772. The highest BCUT2D eigenvalue weighted by atomic mass is 16.5. The number of amides is 1. The molecule has 4 heteroatoms. The molecule has 138 valence electrons. The van der Waals surface area contributed by atoms with Crippen molar-refractivity contribution in [3.63, 3.8) is 0 Å². The second-order valence-electron chi connectivity index (χ2n) is 6.87. The molecule has 0 spiro atoms. The number of hydrogen-bond acceptors (Lipinski definition) is 3. The second-order valence-corrected chi connectivity index (χ2v) is 6.87. The molecule has 3 rings (SSSR count). The third-order valence-corrected chi connectivity index (χ3v) is 4.97. The molecule has 1 aliphatic carbocycles. The molecule has 0 bridgehead atoms. The number of ether oxygens (including phenoxy) is 2. The molecule has 0 unspecified atom stereocenters. The van der Waals surface area contributed by atoms with Crippen LogP contribution in [0.4, 0.5) is 0 Å². The Hall–Kier alpha value is -2.49. The number of carbonyl (C=O) groups excluding carboxylic acids is 1. The summed E-state index contributed by atoms with van der Waals surface area (Å²) >= 11 is 0. The van der Waals surface area contributed by atoms with Crippen LogP contribution in [0.2, 0.25) is 0 Å². The van der Waals surface area contributed by atoms with Crippen molar-refractivity contribution in [2.45, 2.75) is 51.7 Å². The zero-order valence-corrected chi connectivity index (χ0v) is 15.7. The second kappa shape index (κ2) is 8.26. The largest absolute Gasteiger partial charge is 0.496 e. The lowest BCUT2D eigenvalue weighted by molar-refractivity contribution is -0.127. The molecule has 0 aromatic heterocycles. The number of fused-ring (bicyclic) bond motifs is 1. The van der Waals surface area contributed by atoms with Gasteiger partial charge < -0.3 is 14.8 Å². The first kappa shape index (κ1) is 18.3. The first-order valence-electron chi connectivity index (χ1n) is 9.30. The SMILES string of the molecule is COc1ccccc1[C@H](C)NC(=O)[C@H](C)Oc1ccc2c(c1)CCCC2. The molecule has 0 heterocycles. The van der Waals surface area contributed by atoms with Crippen molar-refractivity contribution in [3.8, 4) is 11.5 Å². The van der Waals surface area contributed by atoms with Crippen molar-refractivity contribution in [2.24, 2.45) is 0 Å². The summed E-state index contributed by atoms with van der Waals surface area (Å²) in [4.78, 5) is 12.5. The van der Waals surface area contributed by atoms with Crippen LogP contribution in [0.15, 0.2) is 42.5 Å². The molecule has 2 aromatic rings. The van der Waals surface area contributed by atoms with Crippen molar-refractivity contribution in [1.29, 1.82) is 0 Å². The zero-order valence-electron chi connectivity index (χ0n) is 15.7. The van der Waals surface area contributed by atoms with E-state index >= 15 is 0 Å². The van der Waals surface area contributed by atoms with Crippen LogP contribution in [0.1, 0.15) is 49.4 Å². The van der Waals surface area contributed by atoms with Crippen molar-refractivity contribution in [3.05, 3.63) is 59.2 Å². The van der Waals surface area contributed by atoms with E-state index in [0.29, 0.717) is 0 Å². The molecular formula is C22H27NO3. The Morgan fingerprint density at radius 3 is 2.54 bits per heavy atom. The monoisotopic (exact) mass is 353 g/mol. The summed E-state index contributed by atoms with van der Waals surface area (Å²) < 4.78 is 11.3. The molecule has 4 nitrogen and oxygen atoms in total. The Morgan fingerprint density at radius 2 is 1.77 bits per heavy atom. The maximum Gasteiger partial charge on any atom is 0.261 e. The molecule has 2 aromatic carbocycles. The third-order valence-electron chi connectivity index (χ3n) is 4.97. The van der Waals surface area contributed by atoms with Gasteiger partial charge in [-0.2, -0.15) is 0 Å². The quantitative estimate of drug-likeness (QED) is 0.846. The Balaban J connectivity index is 1.62. The van der Waals surface area contributed by atoms with E-state index in [0.717, 1.165) is 29.9 Å². The number of carbonyl (C=O) groups is 1. The summed E-state index contributed by atoms with van der Waals surface area (Å²) in [6.07, 6.45) is 4.16. The predicted molar refractivity (Wildman–Crippen MR) is 103 cm³/mol. The fourth-order valence-electron chi connectivity index (χ4n) is 3.47. The number of methoxy groups -OCH3 is 1. The van der Waals surface area contributed by atoms with Gasteiger partial charge in [-0.1, -0.05) is 24.3 Å². The number of hydrogen-bond donors (Lipinski definition) is 1. The molecule has 1 N–H and O–H groups in total. The lowest BCUT2D eigenvalue weighted by atomic mass is 9.92. The van der Waals surface area contributed by atoms with Gasteiger partial charge in [0, 0.05) is 5.56 Å². The molecule has 2 atom stereocenters. The molecular weight excluding hydrogens is 326 g/mol. The lowest BCUT2D eigenvalue weighted by Gasteiger charge is -2.21. The highest BCUT2D eigenvalue weighted by Gasteiger charge is 2.20. The van der Waals surface area contributed by atoms with Crippen molar-refractivity contribution < 1.29 is 14.3 Å². The average molecular weight is 353 g/mol. The van der Waals surface area contributed by atoms with E-state index in [2.05, 4.69) is 17.4 Å². The molecule has 0 aliphatic heterocycles. The van der Waals surface area contributed by atoms with Crippen molar-refractivity contribution >= 4 is 5.91 Å². The molecule has 1 aliphatic rings. The van der Waals surface area contributed by atoms with Gasteiger partial charge in [0.05, 0.1) is 13.2 Å². The molecule has 0 radical (unpaired) electrons. The van der Waals surface area contributed by atoms with E-state index in [4.69, 9.17) is 9.47 Å². The Kier molecular flexibility index (Phi) is 5.82. The minimum atomic E-state index is -0.561. The van der Waals surface area contributed by atoms with E-state index in [9.17, 15) is 4.79 Å².